The Morgan fingerprint density at radius 2 is 1.94 bits per heavy atom. The van der Waals surface area contributed by atoms with Gasteiger partial charge in [0, 0.05) is 11.2 Å². The highest BCUT2D eigenvalue weighted by molar-refractivity contribution is 6.30. The van der Waals surface area contributed by atoms with Crippen molar-refractivity contribution >= 4 is 17.6 Å². The van der Waals surface area contributed by atoms with Gasteiger partial charge in [-0.25, -0.2) is 4.98 Å². The van der Waals surface area contributed by atoms with Gasteiger partial charge in [-0.3, -0.25) is 0 Å². The zero-order valence-electron chi connectivity index (χ0n) is 8.59. The van der Waals surface area contributed by atoms with Crippen LogP contribution < -0.4 is 9.84 Å². The van der Waals surface area contributed by atoms with Crippen molar-refractivity contribution in [2.75, 3.05) is 0 Å². The van der Waals surface area contributed by atoms with E-state index in [0.29, 0.717) is 10.8 Å². The van der Waals surface area contributed by atoms with Gasteiger partial charge in [-0.15, -0.1) is 0 Å². The third-order valence-electron chi connectivity index (χ3n) is 2.02. The number of hydrogen-bond donors (Lipinski definition) is 0. The molecule has 0 aliphatic carbocycles. The van der Waals surface area contributed by atoms with Crippen LogP contribution in [0.15, 0.2) is 42.6 Å². The highest BCUT2D eigenvalue weighted by Gasteiger charge is 2.06. The molecule has 0 saturated heterocycles. The van der Waals surface area contributed by atoms with Crippen molar-refractivity contribution in [3.63, 3.8) is 0 Å². The zero-order chi connectivity index (χ0) is 12.3. The molecule has 0 aliphatic heterocycles. The van der Waals surface area contributed by atoms with Crippen molar-refractivity contribution in [3.05, 3.63) is 53.2 Å². The maximum absolute atomic E-state index is 10.8. The molecule has 0 unspecified atom stereocenters. The lowest BCUT2D eigenvalue weighted by atomic mass is 10.3. The average molecular weight is 249 g/mol. The minimum atomic E-state index is -1.33. The molecule has 2 rings (SSSR count). The molecule has 2 aromatic rings. The van der Waals surface area contributed by atoms with Crippen LogP contribution in [0.25, 0.3) is 0 Å². The van der Waals surface area contributed by atoms with E-state index in [1.807, 2.05) is 0 Å². The summed E-state index contributed by atoms with van der Waals surface area (Å²) in [7, 11) is 0. The summed E-state index contributed by atoms with van der Waals surface area (Å²) in [6, 6.07) is 9.39. The molecule has 1 heterocycles. The second-order valence-corrected chi connectivity index (χ2v) is 3.64. The summed E-state index contributed by atoms with van der Waals surface area (Å²) in [4.78, 5) is 14.7. The Morgan fingerprint density at radius 3 is 2.59 bits per heavy atom. The molecule has 0 radical (unpaired) electrons. The van der Waals surface area contributed by atoms with Gasteiger partial charge in [0.05, 0.1) is 11.5 Å². The monoisotopic (exact) mass is 248 g/mol. The first-order chi connectivity index (χ1) is 8.16. The first kappa shape index (κ1) is 11.4. The largest absolute Gasteiger partial charge is 0.545 e. The third-order valence-corrected chi connectivity index (χ3v) is 2.27. The number of carbonyl (C=O) groups excluding carboxylic acids is 1. The lowest BCUT2D eigenvalue weighted by Gasteiger charge is -2.09. The number of carboxylic acid groups (broad SMARTS) is 1. The molecule has 0 spiro atoms. The fraction of sp³-hybridized carbons (Fsp3) is 0. The lowest BCUT2D eigenvalue weighted by Crippen LogP contribution is -2.23. The highest BCUT2D eigenvalue weighted by Crippen LogP contribution is 2.23. The molecule has 0 saturated carbocycles. The molecule has 17 heavy (non-hydrogen) atoms. The highest BCUT2D eigenvalue weighted by atomic mass is 35.5. The van der Waals surface area contributed by atoms with Gasteiger partial charge in [0.15, 0.2) is 0 Å². The van der Waals surface area contributed by atoms with E-state index < -0.39 is 5.97 Å². The first-order valence-corrected chi connectivity index (χ1v) is 5.14. The number of aromatic carboxylic acids is 1. The minimum absolute atomic E-state index is 0.00479. The van der Waals surface area contributed by atoms with E-state index in [2.05, 4.69) is 4.98 Å². The fourth-order valence-corrected chi connectivity index (χ4v) is 1.37. The van der Waals surface area contributed by atoms with Gasteiger partial charge in [-0.1, -0.05) is 11.6 Å². The predicted octanol–water partition coefficient (Wildman–Crippen LogP) is 1.89. The van der Waals surface area contributed by atoms with E-state index in [-0.39, 0.29) is 11.4 Å². The van der Waals surface area contributed by atoms with Crippen molar-refractivity contribution < 1.29 is 14.6 Å². The second-order valence-electron chi connectivity index (χ2n) is 3.20. The summed E-state index contributed by atoms with van der Waals surface area (Å²) in [5.74, 6) is -0.882. The lowest BCUT2D eigenvalue weighted by molar-refractivity contribution is -0.255. The Bertz CT molecular complexity index is 540. The van der Waals surface area contributed by atoms with Crippen LogP contribution in [0, 0.1) is 0 Å². The Kier molecular flexibility index (Phi) is 3.25. The maximum Gasteiger partial charge on any atom is 0.228 e. The number of halogens is 1. The number of carboxylic acids is 1. The van der Waals surface area contributed by atoms with Crippen LogP contribution in [0.1, 0.15) is 10.4 Å². The van der Waals surface area contributed by atoms with Gasteiger partial charge < -0.3 is 14.6 Å². The maximum atomic E-state index is 10.8. The summed E-state index contributed by atoms with van der Waals surface area (Å²) in [5, 5.41) is 11.4. The van der Waals surface area contributed by atoms with Gasteiger partial charge in [0.2, 0.25) is 5.88 Å². The molecule has 5 heteroatoms. The minimum Gasteiger partial charge on any atom is -0.545 e. The normalized spacial score (nSPS) is 9.94. The number of benzene rings is 1. The van der Waals surface area contributed by atoms with Crippen molar-refractivity contribution in [3.8, 4) is 11.6 Å². The summed E-state index contributed by atoms with van der Waals surface area (Å²) in [6.45, 7) is 0. The number of hydrogen-bond acceptors (Lipinski definition) is 4. The van der Waals surface area contributed by atoms with Gasteiger partial charge in [0.25, 0.3) is 0 Å². The molecule has 0 aliphatic rings. The van der Waals surface area contributed by atoms with Crippen molar-refractivity contribution in [2.24, 2.45) is 0 Å². The zero-order valence-corrected chi connectivity index (χ0v) is 9.35. The summed E-state index contributed by atoms with van der Waals surface area (Å²) >= 11 is 5.72. The van der Waals surface area contributed by atoms with Gasteiger partial charge in [-0.05, 0) is 36.4 Å². The van der Waals surface area contributed by atoms with Crippen LogP contribution in [0.4, 0.5) is 0 Å². The van der Waals surface area contributed by atoms with E-state index in [9.17, 15) is 9.90 Å². The van der Waals surface area contributed by atoms with E-state index in [1.165, 1.54) is 18.3 Å². The van der Waals surface area contributed by atoms with Crippen molar-refractivity contribution in [1.29, 1.82) is 0 Å². The molecule has 1 aromatic carbocycles. The van der Waals surface area contributed by atoms with E-state index in [1.54, 1.807) is 24.3 Å². The smallest absolute Gasteiger partial charge is 0.228 e. The average Bonchev–Trinajstić information content (AvgIpc) is 2.32. The standard InChI is InChI=1S/C12H8ClNO3/c13-8-3-5-9(6-4-8)17-11-10(12(15)16)2-1-7-14-11/h1-7H,(H,15,16)/p-1. The Labute approximate surface area is 102 Å². The van der Waals surface area contributed by atoms with Crippen LogP contribution >= 0.6 is 11.6 Å². The van der Waals surface area contributed by atoms with Crippen molar-refractivity contribution in [1.82, 2.24) is 4.98 Å². The molecule has 0 amide bonds. The first-order valence-electron chi connectivity index (χ1n) is 4.76. The number of pyridine rings is 1. The summed E-state index contributed by atoms with van der Waals surface area (Å²) in [5.41, 5.74) is -0.0950. The van der Waals surface area contributed by atoms with E-state index in [0.717, 1.165) is 0 Å². The molecule has 0 fully saturated rings. The third kappa shape index (κ3) is 2.73. The molecular weight excluding hydrogens is 242 g/mol. The number of aromatic nitrogens is 1. The van der Waals surface area contributed by atoms with Gasteiger partial charge >= 0.3 is 0 Å². The van der Waals surface area contributed by atoms with Crippen LogP contribution in [-0.4, -0.2) is 11.0 Å². The summed E-state index contributed by atoms with van der Waals surface area (Å²) in [6.07, 6.45) is 1.44. The molecular formula is C12H7ClNO3-. The number of rotatable bonds is 3. The summed E-state index contributed by atoms with van der Waals surface area (Å²) < 4.78 is 5.34. The quantitative estimate of drug-likeness (QED) is 0.832. The number of ether oxygens (including phenoxy) is 1. The molecule has 1 aromatic heterocycles. The Balaban J connectivity index is 2.30. The number of nitrogens with zero attached hydrogens (tertiary/aromatic N) is 1. The number of carbonyl (C=O) groups is 1. The Hall–Kier alpha value is -2.07. The molecule has 0 N–H and O–H groups in total. The molecule has 86 valence electrons. The van der Waals surface area contributed by atoms with Crippen LogP contribution in [0.2, 0.25) is 5.02 Å². The molecule has 0 atom stereocenters. The SMILES string of the molecule is O=C([O-])c1cccnc1Oc1ccc(Cl)cc1. The van der Waals surface area contributed by atoms with Gasteiger partial charge in [0.1, 0.15) is 5.75 Å². The topological polar surface area (TPSA) is 62.2 Å². The second kappa shape index (κ2) is 4.84. The molecule has 4 nitrogen and oxygen atoms in total. The molecule has 0 bridgehead atoms. The van der Waals surface area contributed by atoms with E-state index >= 15 is 0 Å². The van der Waals surface area contributed by atoms with Crippen LogP contribution in [0.3, 0.4) is 0 Å². The fourth-order valence-electron chi connectivity index (χ4n) is 1.24. The van der Waals surface area contributed by atoms with Crippen LogP contribution in [0.5, 0.6) is 11.6 Å². The van der Waals surface area contributed by atoms with E-state index in [4.69, 9.17) is 16.3 Å². The predicted molar refractivity (Wildman–Crippen MR) is 60.1 cm³/mol. The van der Waals surface area contributed by atoms with Gasteiger partial charge in [-0.2, -0.15) is 0 Å². The van der Waals surface area contributed by atoms with Crippen LogP contribution in [-0.2, 0) is 0 Å². The Morgan fingerprint density at radius 1 is 1.24 bits per heavy atom. The van der Waals surface area contributed by atoms with Crippen molar-refractivity contribution in [2.45, 2.75) is 0 Å².